The number of carbonyl (C=O) groups is 1. The van der Waals surface area contributed by atoms with Crippen LogP contribution in [0.4, 0.5) is 5.95 Å². The fourth-order valence-corrected chi connectivity index (χ4v) is 3.31. The quantitative estimate of drug-likeness (QED) is 0.758. The van der Waals surface area contributed by atoms with Crippen LogP contribution in [0.5, 0.6) is 0 Å². The Labute approximate surface area is 157 Å². The van der Waals surface area contributed by atoms with Crippen LogP contribution in [-0.2, 0) is 11.2 Å². The second-order valence-corrected chi connectivity index (χ2v) is 6.83. The number of aromatic amines is 1. The molecule has 3 heterocycles. The first-order valence-electron chi connectivity index (χ1n) is 9.12. The lowest BCUT2D eigenvalue weighted by Gasteiger charge is -2.34. The highest BCUT2D eigenvalue weighted by Gasteiger charge is 2.24. The van der Waals surface area contributed by atoms with Gasteiger partial charge in [-0.15, -0.1) is 5.10 Å². The number of amides is 1. The molecule has 0 aliphatic carbocycles. The third-order valence-electron chi connectivity index (χ3n) is 5.00. The van der Waals surface area contributed by atoms with Gasteiger partial charge in [0.2, 0.25) is 11.9 Å². The molecule has 1 fully saturated rings. The third kappa shape index (κ3) is 3.55. The zero-order valence-corrected chi connectivity index (χ0v) is 15.6. The van der Waals surface area contributed by atoms with Crippen molar-refractivity contribution in [2.24, 2.45) is 0 Å². The van der Waals surface area contributed by atoms with Crippen LogP contribution in [0.2, 0.25) is 0 Å². The van der Waals surface area contributed by atoms with Crippen LogP contribution in [-0.4, -0.2) is 61.9 Å². The minimum absolute atomic E-state index is 0.0909. The van der Waals surface area contributed by atoms with E-state index in [4.69, 9.17) is 0 Å². The molecule has 0 spiro atoms. The van der Waals surface area contributed by atoms with Crippen molar-refractivity contribution < 1.29 is 4.79 Å². The number of H-pyrrole nitrogens is 1. The summed E-state index contributed by atoms with van der Waals surface area (Å²) in [5.74, 6) is 0.951. The fraction of sp³-hybridized carbons (Fsp3) is 0.368. The average molecular weight is 365 g/mol. The van der Waals surface area contributed by atoms with Crippen LogP contribution in [0.1, 0.15) is 17.0 Å². The summed E-state index contributed by atoms with van der Waals surface area (Å²) < 4.78 is 1.79. The van der Waals surface area contributed by atoms with Gasteiger partial charge in [0.05, 0.1) is 23.5 Å². The number of aromatic nitrogens is 5. The van der Waals surface area contributed by atoms with E-state index >= 15 is 0 Å². The van der Waals surface area contributed by atoms with Gasteiger partial charge in [0.25, 0.3) is 0 Å². The van der Waals surface area contributed by atoms with Crippen molar-refractivity contribution in [2.45, 2.75) is 20.3 Å². The Morgan fingerprint density at radius 2 is 1.85 bits per heavy atom. The Hall–Kier alpha value is -3.16. The van der Waals surface area contributed by atoms with E-state index in [-0.39, 0.29) is 12.3 Å². The summed E-state index contributed by atoms with van der Waals surface area (Å²) in [6.45, 7) is 6.92. The summed E-state index contributed by atoms with van der Waals surface area (Å²) in [5.41, 5.74) is 3.78. The zero-order valence-electron chi connectivity index (χ0n) is 15.6. The number of nitrogens with one attached hydrogen (secondary N) is 1. The Morgan fingerprint density at radius 1 is 1.11 bits per heavy atom. The van der Waals surface area contributed by atoms with E-state index in [2.05, 4.69) is 25.2 Å². The molecule has 1 aliphatic rings. The van der Waals surface area contributed by atoms with E-state index in [1.165, 1.54) is 5.56 Å². The number of hydrogen-bond acceptors (Lipinski definition) is 5. The maximum Gasteiger partial charge on any atom is 0.228 e. The molecule has 1 amide bonds. The van der Waals surface area contributed by atoms with Crippen molar-refractivity contribution in [1.82, 2.24) is 29.9 Å². The predicted octanol–water partition coefficient (Wildman–Crippen LogP) is 1.50. The van der Waals surface area contributed by atoms with Crippen LogP contribution >= 0.6 is 0 Å². The number of rotatable bonds is 4. The number of anilines is 1. The Balaban J connectivity index is 1.40. The van der Waals surface area contributed by atoms with Crippen molar-refractivity contribution >= 4 is 11.9 Å². The molecule has 1 aliphatic heterocycles. The van der Waals surface area contributed by atoms with Gasteiger partial charge in [0, 0.05) is 38.6 Å². The van der Waals surface area contributed by atoms with E-state index in [1.807, 2.05) is 49.2 Å². The van der Waals surface area contributed by atoms with Crippen molar-refractivity contribution in [3.05, 3.63) is 53.6 Å². The smallest absolute Gasteiger partial charge is 0.228 e. The van der Waals surface area contributed by atoms with Crippen LogP contribution in [0, 0.1) is 13.8 Å². The van der Waals surface area contributed by atoms with Gasteiger partial charge in [0.15, 0.2) is 0 Å². The lowest BCUT2D eigenvalue weighted by Crippen LogP contribution is -2.49. The van der Waals surface area contributed by atoms with Crippen LogP contribution in [0.15, 0.2) is 36.7 Å². The predicted molar refractivity (Wildman–Crippen MR) is 102 cm³/mol. The summed E-state index contributed by atoms with van der Waals surface area (Å²) >= 11 is 0. The minimum atomic E-state index is 0.0909. The highest BCUT2D eigenvalue weighted by Crippen LogP contribution is 2.15. The third-order valence-corrected chi connectivity index (χ3v) is 5.00. The van der Waals surface area contributed by atoms with Gasteiger partial charge in [-0.25, -0.2) is 9.67 Å². The summed E-state index contributed by atoms with van der Waals surface area (Å²) in [7, 11) is 0. The van der Waals surface area contributed by atoms with Gasteiger partial charge < -0.3 is 14.8 Å². The first kappa shape index (κ1) is 17.3. The molecule has 0 unspecified atom stereocenters. The minimum Gasteiger partial charge on any atom is -0.339 e. The van der Waals surface area contributed by atoms with Gasteiger partial charge in [-0.3, -0.25) is 4.79 Å². The van der Waals surface area contributed by atoms with Gasteiger partial charge in [-0.2, -0.15) is 0 Å². The number of aryl methyl sites for hydroxylation is 1. The Morgan fingerprint density at radius 3 is 2.52 bits per heavy atom. The number of nitrogens with zero attached hydrogens (tertiary/aromatic N) is 6. The topological polar surface area (TPSA) is 82.9 Å². The molecule has 0 radical (unpaired) electrons. The van der Waals surface area contributed by atoms with E-state index in [0.29, 0.717) is 13.1 Å². The Kier molecular flexibility index (Phi) is 4.62. The number of carbonyl (C=O) groups excluding carboxylic acids is 1. The normalized spacial score (nSPS) is 14.6. The molecule has 0 bridgehead atoms. The highest BCUT2D eigenvalue weighted by atomic mass is 16.2. The lowest BCUT2D eigenvalue weighted by atomic mass is 10.2. The first-order valence-corrected chi connectivity index (χ1v) is 9.12. The lowest BCUT2D eigenvalue weighted by molar-refractivity contribution is -0.130. The van der Waals surface area contributed by atoms with Crippen molar-refractivity contribution in [3.8, 4) is 5.69 Å². The highest BCUT2D eigenvalue weighted by molar-refractivity contribution is 5.78. The second-order valence-electron chi connectivity index (χ2n) is 6.83. The molecule has 8 heteroatoms. The fourth-order valence-electron chi connectivity index (χ4n) is 3.31. The standard InChI is InChI=1S/C19H23N7O/c1-14-3-5-16(6-4-14)26-15(2)17(22-23-26)13-18(27)24-9-11-25(12-10-24)19-20-7-8-21-19/h3-8H,9-13H2,1-2H3,(H,20,21). The monoisotopic (exact) mass is 365 g/mol. The SMILES string of the molecule is Cc1ccc(-n2nnc(CC(=O)N3CCN(c4ncc[nH]4)CC3)c2C)cc1. The largest absolute Gasteiger partial charge is 0.339 e. The van der Waals surface area contributed by atoms with Gasteiger partial charge >= 0.3 is 0 Å². The molecule has 8 nitrogen and oxygen atoms in total. The maximum atomic E-state index is 12.7. The molecule has 0 saturated carbocycles. The number of benzene rings is 1. The number of hydrogen-bond donors (Lipinski definition) is 1. The van der Waals surface area contributed by atoms with Crippen molar-refractivity contribution in [3.63, 3.8) is 0 Å². The van der Waals surface area contributed by atoms with Crippen LogP contribution < -0.4 is 4.90 Å². The zero-order chi connectivity index (χ0) is 18.8. The van der Waals surface area contributed by atoms with Crippen LogP contribution in [0.25, 0.3) is 5.69 Å². The Bertz CT molecular complexity index is 906. The first-order chi connectivity index (χ1) is 13.1. The second kappa shape index (κ2) is 7.22. The van der Waals surface area contributed by atoms with E-state index < -0.39 is 0 Å². The maximum absolute atomic E-state index is 12.7. The summed E-state index contributed by atoms with van der Waals surface area (Å²) in [6, 6.07) is 8.10. The molecular weight excluding hydrogens is 342 g/mol. The summed E-state index contributed by atoms with van der Waals surface area (Å²) in [4.78, 5) is 24.1. The molecule has 140 valence electrons. The molecule has 1 saturated heterocycles. The molecule has 0 atom stereocenters. The van der Waals surface area contributed by atoms with E-state index in [9.17, 15) is 4.79 Å². The van der Waals surface area contributed by atoms with E-state index in [0.717, 1.165) is 36.1 Å². The number of piperazine rings is 1. The summed E-state index contributed by atoms with van der Waals surface area (Å²) in [5, 5.41) is 8.48. The van der Waals surface area contributed by atoms with E-state index in [1.54, 1.807) is 10.9 Å². The molecule has 2 aromatic heterocycles. The molecule has 4 rings (SSSR count). The molecule has 27 heavy (non-hydrogen) atoms. The van der Waals surface area contributed by atoms with Crippen LogP contribution in [0.3, 0.4) is 0 Å². The number of imidazole rings is 1. The molecule has 1 N–H and O–H groups in total. The van der Waals surface area contributed by atoms with Crippen molar-refractivity contribution in [1.29, 1.82) is 0 Å². The molecule has 1 aromatic carbocycles. The molecular formula is C19H23N7O. The van der Waals surface area contributed by atoms with Gasteiger partial charge in [-0.05, 0) is 26.0 Å². The molecule has 3 aromatic rings. The summed E-state index contributed by atoms with van der Waals surface area (Å²) in [6.07, 6.45) is 3.83. The van der Waals surface area contributed by atoms with Gasteiger partial charge in [0.1, 0.15) is 0 Å². The van der Waals surface area contributed by atoms with Gasteiger partial charge in [-0.1, -0.05) is 22.9 Å². The van der Waals surface area contributed by atoms with Crippen molar-refractivity contribution in [2.75, 3.05) is 31.1 Å². The average Bonchev–Trinajstić information content (AvgIpc) is 3.34.